The summed E-state index contributed by atoms with van der Waals surface area (Å²) in [7, 11) is 0. The minimum atomic E-state index is -0.696. The van der Waals surface area contributed by atoms with Crippen LogP contribution in [0.4, 0.5) is 0 Å². The van der Waals surface area contributed by atoms with Crippen molar-refractivity contribution in [2.45, 2.75) is 38.8 Å². The van der Waals surface area contributed by atoms with Gasteiger partial charge in [0.05, 0.1) is 6.54 Å². The van der Waals surface area contributed by atoms with E-state index >= 15 is 0 Å². The highest BCUT2D eigenvalue weighted by Crippen LogP contribution is 2.41. The summed E-state index contributed by atoms with van der Waals surface area (Å²) >= 11 is 0. The lowest BCUT2D eigenvalue weighted by molar-refractivity contribution is -0.150. The minimum Gasteiger partial charge on any atom is -0.340 e. The van der Waals surface area contributed by atoms with Crippen molar-refractivity contribution in [3.63, 3.8) is 0 Å². The number of hydrogen-bond donors (Lipinski definition) is 1. The van der Waals surface area contributed by atoms with E-state index in [1.54, 1.807) is 4.90 Å². The Balaban J connectivity index is 1.84. The molecule has 1 heterocycles. The molecule has 0 radical (unpaired) electrons. The zero-order valence-corrected chi connectivity index (χ0v) is 12.0. The molecule has 1 saturated heterocycles. The number of nitrogens with zero attached hydrogens (tertiary/aromatic N) is 1. The summed E-state index contributed by atoms with van der Waals surface area (Å²) < 4.78 is 0. The van der Waals surface area contributed by atoms with Gasteiger partial charge in [0, 0.05) is 6.54 Å². The molecule has 1 aliphatic heterocycles. The highest BCUT2D eigenvalue weighted by molar-refractivity contribution is 5.98. The van der Waals surface area contributed by atoms with Crippen molar-refractivity contribution in [1.82, 2.24) is 10.2 Å². The normalized spacial score (nSPS) is 26.6. The predicted molar refractivity (Wildman–Crippen MR) is 75.9 cm³/mol. The number of hydrogen-bond acceptors (Lipinski definition) is 2. The molecule has 1 unspecified atom stereocenters. The second-order valence-corrected chi connectivity index (χ2v) is 6.11. The molecule has 1 N–H and O–H groups in total. The van der Waals surface area contributed by atoms with Crippen LogP contribution in [0.15, 0.2) is 24.3 Å². The molecule has 0 aromatic heterocycles. The van der Waals surface area contributed by atoms with Gasteiger partial charge in [0.1, 0.15) is 5.54 Å². The molecular formula is C16H20N2O2. The molecule has 0 bridgehead atoms. The van der Waals surface area contributed by atoms with Crippen LogP contribution in [-0.2, 0) is 16.1 Å². The van der Waals surface area contributed by atoms with Crippen molar-refractivity contribution in [3.8, 4) is 0 Å². The fourth-order valence-corrected chi connectivity index (χ4v) is 3.01. The van der Waals surface area contributed by atoms with Crippen LogP contribution in [0.1, 0.15) is 30.9 Å². The minimum absolute atomic E-state index is 0.0485. The van der Waals surface area contributed by atoms with E-state index in [9.17, 15) is 9.59 Å². The quantitative estimate of drug-likeness (QED) is 0.909. The Morgan fingerprint density at radius 1 is 1.30 bits per heavy atom. The molecule has 4 nitrogen and oxygen atoms in total. The fourth-order valence-electron chi connectivity index (χ4n) is 3.01. The van der Waals surface area contributed by atoms with Crippen LogP contribution in [0.3, 0.4) is 0 Å². The summed E-state index contributed by atoms with van der Waals surface area (Å²) in [5, 5.41) is 2.90. The maximum atomic E-state index is 12.7. The first-order valence-corrected chi connectivity index (χ1v) is 7.15. The third-order valence-electron chi connectivity index (χ3n) is 4.48. The lowest BCUT2D eigenvalue weighted by Gasteiger charge is -2.40. The number of nitrogens with one attached hydrogen (secondary N) is 1. The van der Waals surface area contributed by atoms with Gasteiger partial charge in [0.2, 0.25) is 11.8 Å². The van der Waals surface area contributed by atoms with Gasteiger partial charge in [-0.3, -0.25) is 9.59 Å². The van der Waals surface area contributed by atoms with E-state index in [0.29, 0.717) is 12.5 Å². The molecule has 106 valence electrons. The van der Waals surface area contributed by atoms with Gasteiger partial charge >= 0.3 is 0 Å². The third-order valence-corrected chi connectivity index (χ3v) is 4.48. The lowest BCUT2D eigenvalue weighted by atomic mass is 9.91. The number of aryl methyl sites for hydroxylation is 1. The highest BCUT2D eigenvalue weighted by atomic mass is 16.2. The average Bonchev–Trinajstić information content (AvgIpc) is 3.22. The number of amides is 2. The first kappa shape index (κ1) is 13.2. The molecule has 1 aliphatic carbocycles. The van der Waals surface area contributed by atoms with Gasteiger partial charge in [-0.25, -0.2) is 0 Å². The monoisotopic (exact) mass is 272 g/mol. The molecule has 2 aliphatic rings. The first-order valence-electron chi connectivity index (χ1n) is 7.15. The Labute approximate surface area is 119 Å². The molecule has 0 spiro atoms. The summed E-state index contributed by atoms with van der Waals surface area (Å²) in [6, 6.07) is 8.00. The maximum Gasteiger partial charge on any atom is 0.249 e. The zero-order valence-electron chi connectivity index (χ0n) is 12.0. The van der Waals surface area contributed by atoms with Crippen molar-refractivity contribution >= 4 is 11.8 Å². The third kappa shape index (κ3) is 2.19. The van der Waals surface area contributed by atoms with Crippen molar-refractivity contribution in [2.24, 2.45) is 5.92 Å². The molecule has 1 atom stereocenters. The summed E-state index contributed by atoms with van der Waals surface area (Å²) in [4.78, 5) is 26.3. The SMILES string of the molecule is Cc1ccccc1CN1CC(=O)NC(C)(C2CC2)C1=O. The summed E-state index contributed by atoms with van der Waals surface area (Å²) in [6.45, 7) is 4.58. The van der Waals surface area contributed by atoms with Crippen molar-refractivity contribution in [2.75, 3.05) is 6.54 Å². The van der Waals surface area contributed by atoms with Gasteiger partial charge in [-0.15, -0.1) is 0 Å². The standard InChI is InChI=1S/C16H20N2O2/c1-11-5-3-4-6-12(11)9-18-10-14(19)17-16(2,15(18)20)13-7-8-13/h3-6,13H,7-10H2,1-2H3,(H,17,19). The van der Waals surface area contributed by atoms with Gasteiger partial charge in [-0.1, -0.05) is 24.3 Å². The second kappa shape index (κ2) is 4.62. The molecule has 1 aromatic carbocycles. The zero-order chi connectivity index (χ0) is 14.3. The van der Waals surface area contributed by atoms with Crippen LogP contribution in [0, 0.1) is 12.8 Å². The van der Waals surface area contributed by atoms with Crippen molar-refractivity contribution < 1.29 is 9.59 Å². The molecule has 2 fully saturated rings. The Kier molecular flexibility index (Phi) is 3.04. The Morgan fingerprint density at radius 3 is 2.65 bits per heavy atom. The molecule has 1 saturated carbocycles. The number of carbonyl (C=O) groups is 2. The highest BCUT2D eigenvalue weighted by Gasteiger charge is 2.52. The fraction of sp³-hybridized carbons (Fsp3) is 0.500. The molecular weight excluding hydrogens is 252 g/mol. The molecule has 4 heteroatoms. The van der Waals surface area contributed by atoms with Crippen molar-refractivity contribution in [3.05, 3.63) is 35.4 Å². The van der Waals surface area contributed by atoms with E-state index in [1.165, 1.54) is 0 Å². The van der Waals surface area contributed by atoms with Crippen LogP contribution < -0.4 is 5.32 Å². The van der Waals surface area contributed by atoms with E-state index in [0.717, 1.165) is 24.0 Å². The number of carbonyl (C=O) groups excluding carboxylic acids is 2. The van der Waals surface area contributed by atoms with Crippen LogP contribution in [0.5, 0.6) is 0 Å². The number of piperazine rings is 1. The van der Waals surface area contributed by atoms with Crippen LogP contribution in [-0.4, -0.2) is 28.8 Å². The van der Waals surface area contributed by atoms with Gasteiger partial charge in [0.15, 0.2) is 0 Å². The van der Waals surface area contributed by atoms with E-state index in [2.05, 4.69) is 5.32 Å². The second-order valence-electron chi connectivity index (χ2n) is 6.11. The maximum absolute atomic E-state index is 12.7. The van der Waals surface area contributed by atoms with Gasteiger partial charge in [-0.2, -0.15) is 0 Å². The molecule has 3 rings (SSSR count). The molecule has 2 amide bonds. The van der Waals surface area contributed by atoms with E-state index in [4.69, 9.17) is 0 Å². The number of rotatable bonds is 3. The molecule has 1 aromatic rings. The summed E-state index contributed by atoms with van der Waals surface area (Å²) in [6.07, 6.45) is 2.06. The van der Waals surface area contributed by atoms with Crippen LogP contribution in [0.25, 0.3) is 0 Å². The Bertz CT molecular complexity index is 565. The van der Waals surface area contributed by atoms with Crippen LogP contribution >= 0.6 is 0 Å². The predicted octanol–water partition coefficient (Wildman–Crippen LogP) is 1.62. The van der Waals surface area contributed by atoms with E-state index in [-0.39, 0.29) is 18.4 Å². The number of benzene rings is 1. The topological polar surface area (TPSA) is 49.4 Å². The van der Waals surface area contributed by atoms with E-state index < -0.39 is 5.54 Å². The smallest absolute Gasteiger partial charge is 0.249 e. The lowest BCUT2D eigenvalue weighted by Crippen LogP contribution is -2.66. The van der Waals surface area contributed by atoms with Crippen LogP contribution in [0.2, 0.25) is 0 Å². The van der Waals surface area contributed by atoms with Crippen molar-refractivity contribution in [1.29, 1.82) is 0 Å². The van der Waals surface area contributed by atoms with Gasteiger partial charge in [-0.05, 0) is 43.7 Å². The molecule has 20 heavy (non-hydrogen) atoms. The summed E-state index contributed by atoms with van der Waals surface area (Å²) in [5.41, 5.74) is 1.56. The first-order chi connectivity index (χ1) is 9.50. The van der Waals surface area contributed by atoms with E-state index in [1.807, 2.05) is 38.1 Å². The summed E-state index contributed by atoms with van der Waals surface area (Å²) in [5.74, 6) is 0.314. The Hall–Kier alpha value is -1.84. The van der Waals surface area contributed by atoms with Gasteiger partial charge < -0.3 is 10.2 Å². The Morgan fingerprint density at radius 2 is 2.00 bits per heavy atom. The average molecular weight is 272 g/mol. The largest absolute Gasteiger partial charge is 0.340 e. The van der Waals surface area contributed by atoms with Gasteiger partial charge in [0.25, 0.3) is 0 Å².